The smallest absolute Gasteiger partial charge is 0.125 e. The Morgan fingerprint density at radius 1 is 1.18 bits per heavy atom. The van der Waals surface area contributed by atoms with Crippen molar-refractivity contribution in [2.75, 3.05) is 0 Å². The van der Waals surface area contributed by atoms with Gasteiger partial charge in [-0.05, 0) is 50.2 Å². The van der Waals surface area contributed by atoms with Crippen molar-refractivity contribution >= 4 is 22.5 Å². The van der Waals surface area contributed by atoms with Crippen LogP contribution in [-0.2, 0) is 6.61 Å². The van der Waals surface area contributed by atoms with E-state index in [1.165, 1.54) is 6.07 Å². The Labute approximate surface area is 134 Å². The number of halogens is 2. The zero-order valence-corrected chi connectivity index (χ0v) is 13.3. The van der Waals surface area contributed by atoms with Crippen molar-refractivity contribution in [3.05, 3.63) is 65.1 Å². The van der Waals surface area contributed by atoms with Gasteiger partial charge in [0.25, 0.3) is 0 Å². The third kappa shape index (κ3) is 2.95. The van der Waals surface area contributed by atoms with Crippen LogP contribution in [0.5, 0.6) is 5.75 Å². The zero-order valence-electron chi connectivity index (χ0n) is 12.5. The number of benzene rings is 2. The van der Waals surface area contributed by atoms with E-state index in [0.29, 0.717) is 11.6 Å². The Bertz CT molecular complexity index is 810. The molecule has 0 aliphatic heterocycles. The Morgan fingerprint density at radius 3 is 2.73 bits per heavy atom. The fraction of sp³-hybridized carbons (Fsp3) is 0.222. The second-order valence-electron chi connectivity index (χ2n) is 5.56. The van der Waals surface area contributed by atoms with Gasteiger partial charge < -0.3 is 9.30 Å². The molecule has 0 saturated carbocycles. The second kappa shape index (κ2) is 6.01. The van der Waals surface area contributed by atoms with Gasteiger partial charge in [0.2, 0.25) is 0 Å². The number of aromatic nitrogens is 1. The summed E-state index contributed by atoms with van der Waals surface area (Å²) >= 11 is 5.96. The van der Waals surface area contributed by atoms with Crippen molar-refractivity contribution in [1.82, 2.24) is 4.57 Å². The van der Waals surface area contributed by atoms with Gasteiger partial charge in [-0.1, -0.05) is 17.7 Å². The first kappa shape index (κ1) is 14.9. The Balaban J connectivity index is 1.93. The minimum absolute atomic E-state index is 0.227. The normalized spacial score (nSPS) is 11.3. The summed E-state index contributed by atoms with van der Waals surface area (Å²) in [5.41, 5.74) is 1.92. The van der Waals surface area contributed by atoms with E-state index < -0.39 is 0 Å². The van der Waals surface area contributed by atoms with Gasteiger partial charge in [0.15, 0.2) is 0 Å². The van der Waals surface area contributed by atoms with Crippen molar-refractivity contribution in [1.29, 1.82) is 0 Å². The van der Waals surface area contributed by atoms with Gasteiger partial charge in [-0.2, -0.15) is 0 Å². The molecule has 1 aromatic heterocycles. The highest BCUT2D eigenvalue weighted by molar-refractivity contribution is 6.30. The van der Waals surface area contributed by atoms with Crippen LogP contribution in [0, 0.1) is 5.82 Å². The molecule has 1 heterocycles. The Kier molecular flexibility index (Phi) is 4.08. The molecule has 3 rings (SSSR count). The Hall–Kier alpha value is -2.00. The molecule has 0 radical (unpaired) electrons. The molecule has 0 bridgehead atoms. The molecule has 0 aliphatic carbocycles. The average Bonchev–Trinajstić information content (AvgIpc) is 2.83. The van der Waals surface area contributed by atoms with Crippen LogP contribution in [0.4, 0.5) is 4.39 Å². The maximum atomic E-state index is 13.5. The fourth-order valence-electron chi connectivity index (χ4n) is 2.56. The van der Waals surface area contributed by atoms with Crippen molar-refractivity contribution in [2.45, 2.75) is 26.5 Å². The van der Waals surface area contributed by atoms with Crippen LogP contribution in [0.2, 0.25) is 5.02 Å². The van der Waals surface area contributed by atoms with Gasteiger partial charge in [0.1, 0.15) is 18.2 Å². The van der Waals surface area contributed by atoms with E-state index in [1.54, 1.807) is 18.2 Å². The van der Waals surface area contributed by atoms with E-state index >= 15 is 0 Å². The predicted molar refractivity (Wildman–Crippen MR) is 88.1 cm³/mol. The maximum Gasteiger partial charge on any atom is 0.125 e. The molecule has 2 nitrogen and oxygen atoms in total. The molecule has 2 aromatic carbocycles. The number of fused-ring (bicyclic) bond motifs is 1. The highest BCUT2D eigenvalue weighted by atomic mass is 35.5. The van der Waals surface area contributed by atoms with Gasteiger partial charge in [0, 0.05) is 28.2 Å². The average molecular weight is 318 g/mol. The third-order valence-electron chi connectivity index (χ3n) is 3.63. The monoisotopic (exact) mass is 317 g/mol. The van der Waals surface area contributed by atoms with E-state index in [9.17, 15) is 4.39 Å². The highest BCUT2D eigenvalue weighted by Crippen LogP contribution is 2.27. The summed E-state index contributed by atoms with van der Waals surface area (Å²) in [6, 6.07) is 12.4. The van der Waals surface area contributed by atoms with Crippen LogP contribution in [0.1, 0.15) is 25.5 Å². The summed E-state index contributed by atoms with van der Waals surface area (Å²) < 4.78 is 21.4. The molecule has 3 aromatic rings. The van der Waals surface area contributed by atoms with Crippen LogP contribution in [0.3, 0.4) is 0 Å². The molecular weight excluding hydrogens is 301 g/mol. The van der Waals surface area contributed by atoms with Crippen LogP contribution >= 0.6 is 11.6 Å². The number of hydrogen-bond acceptors (Lipinski definition) is 1. The first-order valence-corrected chi connectivity index (χ1v) is 7.60. The van der Waals surface area contributed by atoms with Gasteiger partial charge >= 0.3 is 0 Å². The minimum Gasteiger partial charge on any atom is -0.489 e. The quantitative estimate of drug-likeness (QED) is 0.611. The van der Waals surface area contributed by atoms with Crippen LogP contribution in [-0.4, -0.2) is 4.57 Å². The van der Waals surface area contributed by atoms with Crippen LogP contribution in [0.25, 0.3) is 10.9 Å². The first-order chi connectivity index (χ1) is 10.5. The SMILES string of the molecule is CC(C)n1cc(COc2cccc(Cl)c2)c2ccc(F)cc21. The predicted octanol–water partition coefficient (Wildman–Crippen LogP) is 5.59. The van der Waals surface area contributed by atoms with Crippen molar-refractivity contribution in [3.63, 3.8) is 0 Å². The fourth-order valence-corrected chi connectivity index (χ4v) is 2.74. The summed E-state index contributed by atoms with van der Waals surface area (Å²) in [6.45, 7) is 4.57. The van der Waals surface area contributed by atoms with E-state index in [-0.39, 0.29) is 11.9 Å². The van der Waals surface area contributed by atoms with E-state index in [4.69, 9.17) is 16.3 Å². The lowest BCUT2D eigenvalue weighted by Crippen LogP contribution is -1.98. The summed E-state index contributed by atoms with van der Waals surface area (Å²) in [5, 5.41) is 1.65. The highest BCUT2D eigenvalue weighted by Gasteiger charge is 2.12. The van der Waals surface area contributed by atoms with Gasteiger partial charge in [-0.25, -0.2) is 4.39 Å². The summed E-state index contributed by atoms with van der Waals surface area (Å²) in [6.07, 6.45) is 2.03. The molecule has 0 unspecified atom stereocenters. The minimum atomic E-state index is -0.227. The molecule has 0 fully saturated rings. The number of ether oxygens (including phenoxy) is 1. The van der Waals surface area contributed by atoms with Crippen molar-refractivity contribution < 1.29 is 9.13 Å². The lowest BCUT2D eigenvalue weighted by molar-refractivity contribution is 0.307. The second-order valence-corrected chi connectivity index (χ2v) is 6.00. The lowest BCUT2D eigenvalue weighted by Gasteiger charge is -2.08. The third-order valence-corrected chi connectivity index (χ3v) is 3.86. The number of rotatable bonds is 4. The summed E-state index contributed by atoms with van der Waals surface area (Å²) in [4.78, 5) is 0. The summed E-state index contributed by atoms with van der Waals surface area (Å²) in [5.74, 6) is 0.495. The molecule has 0 amide bonds. The van der Waals surface area contributed by atoms with E-state index in [0.717, 1.165) is 22.2 Å². The molecule has 4 heteroatoms. The molecule has 0 saturated heterocycles. The zero-order chi connectivity index (χ0) is 15.7. The molecule has 114 valence electrons. The topological polar surface area (TPSA) is 14.2 Å². The molecule has 0 aliphatic rings. The largest absolute Gasteiger partial charge is 0.489 e. The number of nitrogens with zero attached hydrogens (tertiary/aromatic N) is 1. The molecule has 0 spiro atoms. The van der Waals surface area contributed by atoms with E-state index in [1.807, 2.05) is 24.4 Å². The maximum absolute atomic E-state index is 13.5. The standard InChI is InChI=1S/C18H17ClFNO/c1-12(2)21-10-13(17-7-6-15(20)9-18(17)21)11-22-16-5-3-4-14(19)8-16/h3-10,12H,11H2,1-2H3. The molecular formula is C18H17ClFNO. The lowest BCUT2D eigenvalue weighted by atomic mass is 10.2. The van der Waals surface area contributed by atoms with Crippen molar-refractivity contribution in [3.8, 4) is 5.75 Å². The Morgan fingerprint density at radius 2 is 2.00 bits per heavy atom. The van der Waals surface area contributed by atoms with Crippen molar-refractivity contribution in [2.24, 2.45) is 0 Å². The van der Waals surface area contributed by atoms with Gasteiger partial charge in [0.05, 0.1) is 5.52 Å². The molecule has 22 heavy (non-hydrogen) atoms. The molecule has 0 atom stereocenters. The van der Waals surface area contributed by atoms with Crippen LogP contribution < -0.4 is 4.74 Å². The van der Waals surface area contributed by atoms with Gasteiger partial charge in [-0.3, -0.25) is 0 Å². The van der Waals surface area contributed by atoms with Gasteiger partial charge in [-0.15, -0.1) is 0 Å². The van der Waals surface area contributed by atoms with E-state index in [2.05, 4.69) is 18.4 Å². The number of hydrogen-bond donors (Lipinski definition) is 0. The summed E-state index contributed by atoms with van der Waals surface area (Å²) in [7, 11) is 0. The van der Waals surface area contributed by atoms with Crippen LogP contribution in [0.15, 0.2) is 48.7 Å². The molecule has 0 N–H and O–H groups in total. The first-order valence-electron chi connectivity index (χ1n) is 7.22.